The van der Waals surface area contributed by atoms with Gasteiger partial charge in [-0.3, -0.25) is 0 Å². The van der Waals surface area contributed by atoms with Crippen molar-refractivity contribution in [1.29, 1.82) is 0 Å². The minimum atomic E-state index is -0.507. The summed E-state index contributed by atoms with van der Waals surface area (Å²) in [5.41, 5.74) is 7.82. The van der Waals surface area contributed by atoms with Crippen LogP contribution < -0.4 is 5.73 Å². The number of hydrogen-bond acceptors (Lipinski definition) is 2. The maximum Gasteiger partial charge on any atom is 0.126 e. The quantitative estimate of drug-likeness (QED) is 0.838. The molecular formula is C13H16FN3. The summed E-state index contributed by atoms with van der Waals surface area (Å²) >= 11 is 0. The fourth-order valence-corrected chi connectivity index (χ4v) is 1.61. The van der Waals surface area contributed by atoms with Gasteiger partial charge >= 0.3 is 0 Å². The molecule has 0 atom stereocenters. The molecule has 0 saturated carbocycles. The number of H-pyrrole nitrogens is 1. The lowest BCUT2D eigenvalue weighted by Gasteiger charge is -2.14. The number of halogens is 1. The zero-order valence-corrected chi connectivity index (χ0v) is 10.2. The molecule has 0 spiro atoms. The van der Waals surface area contributed by atoms with Gasteiger partial charge < -0.3 is 10.7 Å². The van der Waals surface area contributed by atoms with Gasteiger partial charge in [0.1, 0.15) is 11.6 Å². The third kappa shape index (κ3) is 2.36. The van der Waals surface area contributed by atoms with Gasteiger partial charge in [0, 0.05) is 5.56 Å². The minimum Gasteiger partial charge on any atom is -0.340 e. The molecule has 2 aromatic rings. The fraction of sp³-hybridized carbons (Fsp3) is 0.308. The molecule has 0 fully saturated rings. The molecule has 0 unspecified atom stereocenters. The van der Waals surface area contributed by atoms with Crippen LogP contribution in [0.25, 0.3) is 11.3 Å². The number of hydrogen-bond donors (Lipinski definition) is 2. The van der Waals surface area contributed by atoms with Crippen molar-refractivity contribution in [2.45, 2.75) is 26.3 Å². The molecule has 0 amide bonds. The van der Waals surface area contributed by atoms with Crippen molar-refractivity contribution in [3.63, 3.8) is 0 Å². The normalized spacial score (nSPS) is 11.8. The van der Waals surface area contributed by atoms with Crippen LogP contribution >= 0.6 is 0 Å². The number of nitrogens with two attached hydrogens (primary N) is 1. The number of aryl methyl sites for hydroxylation is 1. The highest BCUT2D eigenvalue weighted by atomic mass is 19.1. The zero-order valence-electron chi connectivity index (χ0n) is 10.2. The average molecular weight is 233 g/mol. The average Bonchev–Trinajstić information content (AvgIpc) is 2.70. The van der Waals surface area contributed by atoms with Crippen molar-refractivity contribution in [1.82, 2.24) is 9.97 Å². The molecule has 0 saturated heterocycles. The van der Waals surface area contributed by atoms with E-state index in [9.17, 15) is 4.39 Å². The molecule has 0 aliphatic rings. The maximum absolute atomic E-state index is 13.2. The Labute approximate surface area is 99.9 Å². The summed E-state index contributed by atoms with van der Waals surface area (Å²) < 4.78 is 13.2. The number of nitrogens with one attached hydrogen (secondary N) is 1. The first-order valence-corrected chi connectivity index (χ1v) is 5.49. The maximum atomic E-state index is 13.2. The van der Waals surface area contributed by atoms with Gasteiger partial charge in [0.15, 0.2) is 0 Å². The number of aromatic nitrogens is 2. The van der Waals surface area contributed by atoms with Crippen LogP contribution in [0.5, 0.6) is 0 Å². The summed E-state index contributed by atoms with van der Waals surface area (Å²) in [5.74, 6) is 0.516. The predicted molar refractivity (Wildman–Crippen MR) is 65.9 cm³/mol. The lowest BCUT2D eigenvalue weighted by Crippen LogP contribution is -2.30. The lowest BCUT2D eigenvalue weighted by molar-refractivity contribution is 0.520. The highest BCUT2D eigenvalue weighted by Crippen LogP contribution is 2.22. The van der Waals surface area contributed by atoms with Crippen LogP contribution in [0.15, 0.2) is 24.4 Å². The third-order valence-electron chi connectivity index (χ3n) is 2.66. The molecule has 1 heterocycles. The summed E-state index contributed by atoms with van der Waals surface area (Å²) in [6.45, 7) is 5.50. The van der Waals surface area contributed by atoms with Crippen molar-refractivity contribution >= 4 is 0 Å². The van der Waals surface area contributed by atoms with E-state index >= 15 is 0 Å². The first kappa shape index (κ1) is 11.8. The van der Waals surface area contributed by atoms with Crippen molar-refractivity contribution < 1.29 is 4.39 Å². The van der Waals surface area contributed by atoms with Crippen LogP contribution in [-0.2, 0) is 5.54 Å². The topological polar surface area (TPSA) is 54.7 Å². The summed E-state index contributed by atoms with van der Waals surface area (Å²) in [6.07, 6.45) is 1.72. The standard InChI is InChI=1S/C13H16FN3/c1-8-6-9(4-5-10(8)14)11-7-16-12(17-11)13(2,3)15/h4-7H,15H2,1-3H3,(H,16,17). The number of imidazole rings is 1. The number of nitrogens with zero attached hydrogens (tertiary/aromatic N) is 1. The molecule has 1 aromatic carbocycles. The summed E-state index contributed by atoms with van der Waals surface area (Å²) in [4.78, 5) is 7.40. The van der Waals surface area contributed by atoms with E-state index in [-0.39, 0.29) is 5.82 Å². The SMILES string of the molecule is Cc1cc(-c2cnc(C(C)(C)N)[nH]2)ccc1F. The number of benzene rings is 1. The first-order chi connectivity index (χ1) is 7.88. The van der Waals surface area contributed by atoms with Crippen LogP contribution in [0.1, 0.15) is 25.2 Å². The second-order valence-corrected chi connectivity index (χ2v) is 4.83. The van der Waals surface area contributed by atoms with Gasteiger partial charge in [0.05, 0.1) is 17.4 Å². The lowest BCUT2D eigenvalue weighted by atomic mass is 10.1. The van der Waals surface area contributed by atoms with Crippen molar-refractivity contribution in [2.24, 2.45) is 5.73 Å². The van der Waals surface area contributed by atoms with Crippen LogP contribution in [0.4, 0.5) is 4.39 Å². The first-order valence-electron chi connectivity index (χ1n) is 5.49. The van der Waals surface area contributed by atoms with E-state index in [2.05, 4.69) is 9.97 Å². The Morgan fingerprint density at radius 2 is 2.06 bits per heavy atom. The second kappa shape index (κ2) is 3.96. The van der Waals surface area contributed by atoms with Crippen LogP contribution in [0.3, 0.4) is 0 Å². The largest absolute Gasteiger partial charge is 0.340 e. The van der Waals surface area contributed by atoms with Gasteiger partial charge in [-0.05, 0) is 44.5 Å². The summed E-state index contributed by atoms with van der Waals surface area (Å²) in [6, 6.07) is 4.97. The van der Waals surface area contributed by atoms with E-state index in [0.29, 0.717) is 5.56 Å². The Bertz CT molecular complexity index is 538. The predicted octanol–water partition coefficient (Wildman–Crippen LogP) is 2.72. The smallest absolute Gasteiger partial charge is 0.126 e. The molecule has 90 valence electrons. The van der Waals surface area contributed by atoms with E-state index in [1.54, 1.807) is 25.3 Å². The number of rotatable bonds is 2. The molecular weight excluding hydrogens is 217 g/mol. The Morgan fingerprint density at radius 3 is 2.59 bits per heavy atom. The third-order valence-corrected chi connectivity index (χ3v) is 2.66. The van der Waals surface area contributed by atoms with Gasteiger partial charge in [-0.1, -0.05) is 0 Å². The summed E-state index contributed by atoms with van der Waals surface area (Å²) in [5, 5.41) is 0. The molecule has 17 heavy (non-hydrogen) atoms. The van der Waals surface area contributed by atoms with E-state index in [1.165, 1.54) is 6.07 Å². The Balaban J connectivity index is 2.40. The van der Waals surface area contributed by atoms with Gasteiger partial charge in [-0.25, -0.2) is 9.37 Å². The monoisotopic (exact) mass is 233 g/mol. The highest BCUT2D eigenvalue weighted by molar-refractivity contribution is 5.59. The van der Waals surface area contributed by atoms with E-state index in [1.807, 2.05) is 13.8 Å². The minimum absolute atomic E-state index is 0.201. The zero-order chi connectivity index (χ0) is 12.6. The molecule has 4 heteroatoms. The van der Waals surface area contributed by atoms with Crippen molar-refractivity contribution in [3.8, 4) is 11.3 Å². The Morgan fingerprint density at radius 1 is 1.35 bits per heavy atom. The van der Waals surface area contributed by atoms with Crippen molar-refractivity contribution in [2.75, 3.05) is 0 Å². The molecule has 0 radical (unpaired) electrons. The van der Waals surface area contributed by atoms with Gasteiger partial charge in [0.25, 0.3) is 0 Å². The molecule has 0 aliphatic carbocycles. The van der Waals surface area contributed by atoms with E-state index in [4.69, 9.17) is 5.73 Å². The second-order valence-electron chi connectivity index (χ2n) is 4.83. The summed E-state index contributed by atoms with van der Waals surface area (Å²) in [7, 11) is 0. The van der Waals surface area contributed by atoms with E-state index in [0.717, 1.165) is 17.1 Å². The molecule has 0 bridgehead atoms. The molecule has 0 aliphatic heterocycles. The molecule has 2 rings (SSSR count). The number of aromatic amines is 1. The van der Waals surface area contributed by atoms with Crippen LogP contribution in [0.2, 0.25) is 0 Å². The van der Waals surface area contributed by atoms with Gasteiger partial charge in [-0.15, -0.1) is 0 Å². The van der Waals surface area contributed by atoms with Crippen LogP contribution in [-0.4, -0.2) is 9.97 Å². The van der Waals surface area contributed by atoms with Crippen LogP contribution in [0, 0.1) is 12.7 Å². The fourth-order valence-electron chi connectivity index (χ4n) is 1.61. The van der Waals surface area contributed by atoms with E-state index < -0.39 is 5.54 Å². The highest BCUT2D eigenvalue weighted by Gasteiger charge is 2.18. The van der Waals surface area contributed by atoms with Crippen molar-refractivity contribution in [3.05, 3.63) is 41.6 Å². The van der Waals surface area contributed by atoms with Gasteiger partial charge in [-0.2, -0.15) is 0 Å². The molecule has 1 aromatic heterocycles. The Hall–Kier alpha value is -1.68. The molecule has 3 nitrogen and oxygen atoms in total. The molecule has 3 N–H and O–H groups in total. The Kier molecular flexibility index (Phi) is 2.75. The van der Waals surface area contributed by atoms with Gasteiger partial charge in [0.2, 0.25) is 0 Å².